The van der Waals surface area contributed by atoms with Gasteiger partial charge in [0.2, 0.25) is 0 Å². The molecule has 0 saturated carbocycles. The Balaban J connectivity index is 3.01. The normalized spacial score (nSPS) is 10.9. The van der Waals surface area contributed by atoms with Gasteiger partial charge in [-0.15, -0.1) is 0 Å². The zero-order valence-corrected chi connectivity index (χ0v) is 17.7. The lowest BCUT2D eigenvalue weighted by Crippen LogP contribution is -2.03. The Bertz CT molecular complexity index is 256. The zero-order chi connectivity index (χ0) is 17.7. The Labute approximate surface area is 159 Å². The molecule has 0 bridgehead atoms. The third-order valence-electron chi connectivity index (χ3n) is 4.57. The monoisotopic (exact) mass is 404 g/mol. The number of rotatable bonds is 19. The molecule has 0 aliphatic heterocycles. The first-order chi connectivity index (χ1) is 11.8. The molecule has 0 rings (SSSR count). The topological polar surface area (TPSA) is 26.3 Å². The van der Waals surface area contributed by atoms with Gasteiger partial charge >= 0.3 is 5.97 Å². The van der Waals surface area contributed by atoms with Gasteiger partial charge in [-0.3, -0.25) is 4.79 Å². The molecule has 0 aromatic rings. The molecule has 0 radical (unpaired) electrons. The van der Waals surface area contributed by atoms with Gasteiger partial charge in [0.1, 0.15) is 0 Å². The molecule has 0 amide bonds. The predicted molar refractivity (Wildman–Crippen MR) is 109 cm³/mol. The van der Waals surface area contributed by atoms with Crippen molar-refractivity contribution in [2.75, 3.05) is 11.9 Å². The van der Waals surface area contributed by atoms with Crippen LogP contribution in [-0.2, 0) is 9.53 Å². The standard InChI is InChI=1S/C21H41BrO2/c1-2-24-21(23)19-17-15-13-11-9-7-5-3-4-6-8-10-12-14-16-18-20-22/h2-20H2,1H3. The van der Waals surface area contributed by atoms with Crippen molar-refractivity contribution < 1.29 is 9.53 Å². The second-order valence-corrected chi connectivity index (χ2v) is 7.69. The first kappa shape index (κ1) is 23.9. The van der Waals surface area contributed by atoms with E-state index in [4.69, 9.17) is 4.74 Å². The van der Waals surface area contributed by atoms with Gasteiger partial charge in [-0.05, 0) is 19.8 Å². The molecule has 0 saturated heterocycles. The van der Waals surface area contributed by atoms with E-state index in [1.807, 2.05) is 6.92 Å². The van der Waals surface area contributed by atoms with E-state index in [0.717, 1.165) is 6.42 Å². The lowest BCUT2D eigenvalue weighted by molar-refractivity contribution is -0.143. The molecule has 0 aromatic heterocycles. The summed E-state index contributed by atoms with van der Waals surface area (Å²) in [6.45, 7) is 2.38. The molecule has 144 valence electrons. The number of hydrogen-bond acceptors (Lipinski definition) is 2. The van der Waals surface area contributed by atoms with Gasteiger partial charge < -0.3 is 4.74 Å². The van der Waals surface area contributed by atoms with Crippen molar-refractivity contribution in [2.24, 2.45) is 0 Å². The molecule has 0 atom stereocenters. The van der Waals surface area contributed by atoms with Gasteiger partial charge in [-0.2, -0.15) is 0 Å². The van der Waals surface area contributed by atoms with Gasteiger partial charge in [0.05, 0.1) is 6.61 Å². The first-order valence-electron chi connectivity index (χ1n) is 10.5. The molecular weight excluding hydrogens is 364 g/mol. The van der Waals surface area contributed by atoms with Crippen LogP contribution in [0.1, 0.15) is 116 Å². The van der Waals surface area contributed by atoms with Gasteiger partial charge in [0.25, 0.3) is 0 Å². The molecule has 0 fully saturated rings. The van der Waals surface area contributed by atoms with E-state index in [-0.39, 0.29) is 5.97 Å². The van der Waals surface area contributed by atoms with Crippen molar-refractivity contribution in [1.29, 1.82) is 0 Å². The van der Waals surface area contributed by atoms with Crippen LogP contribution in [0.25, 0.3) is 0 Å². The summed E-state index contributed by atoms with van der Waals surface area (Å²) in [5, 5.41) is 1.17. The maximum absolute atomic E-state index is 11.2. The van der Waals surface area contributed by atoms with Crippen molar-refractivity contribution in [3.63, 3.8) is 0 Å². The quantitative estimate of drug-likeness (QED) is 0.126. The van der Waals surface area contributed by atoms with Crippen LogP contribution >= 0.6 is 15.9 Å². The molecule has 3 heteroatoms. The van der Waals surface area contributed by atoms with Crippen molar-refractivity contribution >= 4 is 21.9 Å². The van der Waals surface area contributed by atoms with Gasteiger partial charge in [0, 0.05) is 11.8 Å². The summed E-state index contributed by atoms with van der Waals surface area (Å²) in [6, 6.07) is 0. The molecule has 0 aliphatic rings. The van der Waals surface area contributed by atoms with E-state index in [1.165, 1.54) is 102 Å². The number of esters is 1. The van der Waals surface area contributed by atoms with Crippen LogP contribution in [0.2, 0.25) is 0 Å². The SMILES string of the molecule is CCOC(=O)CCCCCCCCCCCCCCCCCCBr. The molecule has 0 N–H and O–H groups in total. The lowest BCUT2D eigenvalue weighted by atomic mass is 10.0. The number of ether oxygens (including phenoxy) is 1. The van der Waals surface area contributed by atoms with E-state index in [2.05, 4.69) is 15.9 Å². The van der Waals surface area contributed by atoms with Crippen molar-refractivity contribution in [1.82, 2.24) is 0 Å². The first-order valence-corrected chi connectivity index (χ1v) is 11.6. The molecule has 2 nitrogen and oxygen atoms in total. The summed E-state index contributed by atoms with van der Waals surface area (Å²) in [5.74, 6) is -0.0311. The van der Waals surface area contributed by atoms with Crippen molar-refractivity contribution in [3.8, 4) is 0 Å². The Morgan fingerprint density at radius 3 is 1.29 bits per heavy atom. The number of hydrogen-bond donors (Lipinski definition) is 0. The Hall–Kier alpha value is -0.0500. The third-order valence-corrected chi connectivity index (χ3v) is 5.13. The maximum Gasteiger partial charge on any atom is 0.305 e. The molecular formula is C21H41BrO2. The van der Waals surface area contributed by atoms with Crippen LogP contribution in [0.5, 0.6) is 0 Å². The minimum absolute atomic E-state index is 0.0311. The summed E-state index contributed by atoms with van der Waals surface area (Å²) in [7, 11) is 0. The van der Waals surface area contributed by atoms with Crippen molar-refractivity contribution in [2.45, 2.75) is 116 Å². The second-order valence-electron chi connectivity index (χ2n) is 6.90. The van der Waals surface area contributed by atoms with Gasteiger partial charge in [-0.1, -0.05) is 106 Å². The van der Waals surface area contributed by atoms with Crippen LogP contribution in [0, 0.1) is 0 Å². The predicted octanol–water partition coefficient (Wildman–Crippen LogP) is 7.58. The number of carbonyl (C=O) groups is 1. The van der Waals surface area contributed by atoms with E-state index < -0.39 is 0 Å². The van der Waals surface area contributed by atoms with E-state index in [1.54, 1.807) is 0 Å². The Morgan fingerprint density at radius 1 is 0.625 bits per heavy atom. The average Bonchev–Trinajstić information content (AvgIpc) is 2.58. The van der Waals surface area contributed by atoms with E-state index in [9.17, 15) is 4.79 Å². The Kier molecular flexibility index (Phi) is 20.9. The fraction of sp³-hybridized carbons (Fsp3) is 0.952. The molecule has 0 spiro atoms. The third kappa shape index (κ3) is 20.0. The summed E-state index contributed by atoms with van der Waals surface area (Å²) >= 11 is 3.49. The molecule has 0 aliphatic carbocycles. The number of alkyl halides is 1. The van der Waals surface area contributed by atoms with Crippen LogP contribution in [-0.4, -0.2) is 17.9 Å². The number of unbranched alkanes of at least 4 members (excludes halogenated alkanes) is 15. The second kappa shape index (κ2) is 21.0. The van der Waals surface area contributed by atoms with Crippen LogP contribution < -0.4 is 0 Å². The maximum atomic E-state index is 11.2. The minimum Gasteiger partial charge on any atom is -0.466 e. The van der Waals surface area contributed by atoms with Crippen molar-refractivity contribution in [3.05, 3.63) is 0 Å². The number of carbonyl (C=O) groups excluding carboxylic acids is 1. The highest BCUT2D eigenvalue weighted by Crippen LogP contribution is 2.14. The number of halogens is 1. The van der Waals surface area contributed by atoms with Crippen LogP contribution in [0.4, 0.5) is 0 Å². The Morgan fingerprint density at radius 2 is 0.958 bits per heavy atom. The fourth-order valence-corrected chi connectivity index (χ4v) is 3.47. The smallest absolute Gasteiger partial charge is 0.305 e. The molecule has 24 heavy (non-hydrogen) atoms. The minimum atomic E-state index is -0.0311. The lowest BCUT2D eigenvalue weighted by Gasteiger charge is -2.04. The molecule has 0 unspecified atom stereocenters. The van der Waals surface area contributed by atoms with E-state index >= 15 is 0 Å². The molecule has 0 aromatic carbocycles. The van der Waals surface area contributed by atoms with E-state index in [0.29, 0.717) is 13.0 Å². The molecule has 0 heterocycles. The van der Waals surface area contributed by atoms with Crippen LogP contribution in [0.15, 0.2) is 0 Å². The zero-order valence-electron chi connectivity index (χ0n) is 16.1. The summed E-state index contributed by atoms with van der Waals surface area (Å²) in [4.78, 5) is 11.2. The highest BCUT2D eigenvalue weighted by atomic mass is 79.9. The summed E-state index contributed by atoms with van der Waals surface area (Å²) in [5.41, 5.74) is 0. The fourth-order valence-electron chi connectivity index (χ4n) is 3.07. The highest BCUT2D eigenvalue weighted by Gasteiger charge is 2.00. The largest absolute Gasteiger partial charge is 0.466 e. The summed E-state index contributed by atoms with van der Waals surface area (Å²) in [6.07, 6.45) is 22.3. The summed E-state index contributed by atoms with van der Waals surface area (Å²) < 4.78 is 4.93. The van der Waals surface area contributed by atoms with Gasteiger partial charge in [0.15, 0.2) is 0 Å². The van der Waals surface area contributed by atoms with Gasteiger partial charge in [-0.25, -0.2) is 0 Å². The average molecular weight is 405 g/mol. The highest BCUT2D eigenvalue weighted by molar-refractivity contribution is 9.09. The van der Waals surface area contributed by atoms with Crippen LogP contribution in [0.3, 0.4) is 0 Å².